The summed E-state index contributed by atoms with van der Waals surface area (Å²) >= 11 is 0. The van der Waals surface area contributed by atoms with Gasteiger partial charge in [0, 0.05) is 6.08 Å². The number of methoxy groups -OCH3 is 1. The molecule has 0 amide bonds. The summed E-state index contributed by atoms with van der Waals surface area (Å²) in [5.41, 5.74) is 0.860. The molecule has 17 heavy (non-hydrogen) atoms. The van der Waals surface area contributed by atoms with Crippen molar-refractivity contribution in [3.05, 3.63) is 34.9 Å². The number of carboxylic acid groups (broad SMARTS) is 1. The number of aliphatic carboxylic acids is 1. The Hall–Kier alpha value is -2.61. The lowest BCUT2D eigenvalue weighted by Crippen LogP contribution is -1.95. The van der Waals surface area contributed by atoms with Crippen molar-refractivity contribution in [1.82, 2.24) is 0 Å². The topological polar surface area (TPSA) is 87.4 Å². The van der Waals surface area contributed by atoms with Crippen LogP contribution in [0.1, 0.15) is 21.5 Å². The van der Waals surface area contributed by atoms with Crippen LogP contribution in [0.15, 0.2) is 18.2 Å². The van der Waals surface area contributed by atoms with Gasteiger partial charge in [0.1, 0.15) is 5.75 Å². The molecule has 0 fully saturated rings. The first-order valence-electron chi connectivity index (χ1n) is 4.60. The second-order valence-corrected chi connectivity index (χ2v) is 3.08. The van der Waals surface area contributed by atoms with E-state index in [0.717, 1.165) is 6.08 Å². The van der Waals surface area contributed by atoms with Gasteiger partial charge in [-0.3, -0.25) is 4.79 Å². The molecule has 1 rings (SSSR count). The molecule has 0 aliphatic carbocycles. The van der Waals surface area contributed by atoms with E-state index in [4.69, 9.17) is 15.1 Å². The van der Waals surface area contributed by atoms with E-state index in [2.05, 4.69) is 0 Å². The molecular weight excluding hydrogens is 222 g/mol. The fraction of sp³-hybridized carbons (Fsp3) is 0.0833. The molecule has 0 heterocycles. The molecule has 0 radical (unpaired) electrons. The van der Waals surface area contributed by atoms with Crippen LogP contribution in [0.3, 0.4) is 0 Å². The summed E-state index contributed by atoms with van der Waals surface area (Å²) in [7, 11) is 1.39. The van der Waals surface area contributed by atoms with Gasteiger partial charge in [0.05, 0.1) is 24.3 Å². The van der Waals surface area contributed by atoms with Crippen molar-refractivity contribution in [2.45, 2.75) is 0 Å². The van der Waals surface area contributed by atoms with Crippen molar-refractivity contribution in [1.29, 1.82) is 5.26 Å². The Morgan fingerprint density at radius 2 is 2.18 bits per heavy atom. The van der Waals surface area contributed by atoms with Crippen LogP contribution < -0.4 is 4.74 Å². The molecule has 1 aromatic carbocycles. The van der Waals surface area contributed by atoms with Crippen molar-refractivity contribution >= 4 is 18.3 Å². The Labute approximate surface area is 97.6 Å². The average Bonchev–Trinajstić information content (AvgIpc) is 2.34. The third-order valence-corrected chi connectivity index (χ3v) is 2.05. The quantitative estimate of drug-likeness (QED) is 0.626. The summed E-state index contributed by atoms with van der Waals surface area (Å²) in [5.74, 6) is -0.846. The molecule has 0 aliphatic rings. The smallest absolute Gasteiger partial charge is 0.328 e. The van der Waals surface area contributed by atoms with E-state index < -0.39 is 5.97 Å². The Morgan fingerprint density at radius 1 is 1.47 bits per heavy atom. The van der Waals surface area contributed by atoms with Crippen molar-refractivity contribution < 1.29 is 19.4 Å². The molecule has 1 aromatic rings. The largest absolute Gasteiger partial charge is 0.496 e. The first kappa shape index (κ1) is 12.5. The zero-order chi connectivity index (χ0) is 12.8. The van der Waals surface area contributed by atoms with Crippen LogP contribution in [0, 0.1) is 11.3 Å². The maximum absolute atomic E-state index is 10.8. The van der Waals surface area contributed by atoms with Crippen molar-refractivity contribution in [2.75, 3.05) is 7.11 Å². The van der Waals surface area contributed by atoms with Crippen LogP contribution in [-0.2, 0) is 4.79 Å². The van der Waals surface area contributed by atoms with Crippen molar-refractivity contribution in [2.24, 2.45) is 0 Å². The fourth-order valence-electron chi connectivity index (χ4n) is 1.28. The fourth-order valence-corrected chi connectivity index (χ4v) is 1.28. The van der Waals surface area contributed by atoms with Crippen LogP contribution in [0.2, 0.25) is 0 Å². The third-order valence-electron chi connectivity index (χ3n) is 2.05. The molecule has 0 bridgehead atoms. The summed E-state index contributed by atoms with van der Waals surface area (Å²) in [4.78, 5) is 21.2. The molecule has 0 aliphatic heterocycles. The van der Waals surface area contributed by atoms with Gasteiger partial charge in [-0.1, -0.05) is 0 Å². The molecule has 1 N–H and O–H groups in total. The van der Waals surface area contributed by atoms with E-state index in [0.29, 0.717) is 11.8 Å². The van der Waals surface area contributed by atoms with Gasteiger partial charge < -0.3 is 9.84 Å². The highest BCUT2D eigenvalue weighted by molar-refractivity contribution is 5.87. The van der Waals surface area contributed by atoms with Gasteiger partial charge >= 0.3 is 5.97 Å². The minimum atomic E-state index is -1.13. The van der Waals surface area contributed by atoms with E-state index in [1.165, 1.54) is 25.3 Å². The number of carbonyl (C=O) groups excluding carboxylic acids is 1. The predicted octanol–water partition coefficient (Wildman–Crippen LogP) is 1.48. The van der Waals surface area contributed by atoms with Gasteiger partial charge in [-0.25, -0.2) is 4.79 Å². The minimum Gasteiger partial charge on any atom is -0.496 e. The monoisotopic (exact) mass is 231 g/mol. The number of ether oxygens (including phenoxy) is 1. The maximum atomic E-state index is 10.8. The van der Waals surface area contributed by atoms with Crippen LogP contribution in [0.25, 0.3) is 6.08 Å². The number of nitrogens with zero attached hydrogens (tertiary/aromatic N) is 1. The number of hydrogen-bond acceptors (Lipinski definition) is 4. The molecule has 5 nitrogen and oxygen atoms in total. The molecule has 0 unspecified atom stereocenters. The van der Waals surface area contributed by atoms with Gasteiger partial charge in [-0.2, -0.15) is 5.26 Å². The second-order valence-electron chi connectivity index (χ2n) is 3.08. The molecule has 0 aromatic heterocycles. The second kappa shape index (κ2) is 5.47. The predicted molar refractivity (Wildman–Crippen MR) is 59.8 cm³/mol. The summed E-state index contributed by atoms with van der Waals surface area (Å²) < 4.78 is 4.94. The van der Waals surface area contributed by atoms with Gasteiger partial charge in [0.15, 0.2) is 6.29 Å². The first-order chi connectivity index (χ1) is 8.12. The Kier molecular flexibility index (Phi) is 4.01. The number of carbonyl (C=O) groups is 2. The van der Waals surface area contributed by atoms with Crippen molar-refractivity contribution in [3.8, 4) is 11.8 Å². The summed E-state index contributed by atoms with van der Waals surface area (Å²) in [5, 5.41) is 17.4. The van der Waals surface area contributed by atoms with Gasteiger partial charge in [0.25, 0.3) is 0 Å². The Bertz CT molecular complexity index is 526. The highest BCUT2D eigenvalue weighted by Gasteiger charge is 2.08. The molecule has 0 atom stereocenters. The third kappa shape index (κ3) is 2.92. The van der Waals surface area contributed by atoms with E-state index in [1.54, 1.807) is 0 Å². The van der Waals surface area contributed by atoms with Crippen LogP contribution in [0.4, 0.5) is 0 Å². The summed E-state index contributed by atoms with van der Waals surface area (Å²) in [6.07, 6.45) is 2.74. The molecule has 0 saturated heterocycles. The lowest BCUT2D eigenvalue weighted by molar-refractivity contribution is -0.131. The highest BCUT2D eigenvalue weighted by atomic mass is 16.5. The maximum Gasteiger partial charge on any atom is 0.328 e. The average molecular weight is 231 g/mol. The first-order valence-corrected chi connectivity index (χ1v) is 4.60. The number of aldehydes is 1. The molecule has 5 heteroatoms. The van der Waals surface area contributed by atoms with E-state index in [9.17, 15) is 9.59 Å². The number of benzene rings is 1. The zero-order valence-corrected chi connectivity index (χ0v) is 9.01. The molecule has 86 valence electrons. The van der Waals surface area contributed by atoms with E-state index in [-0.39, 0.29) is 16.9 Å². The molecular formula is C12H9NO4. The number of rotatable bonds is 4. The van der Waals surface area contributed by atoms with Gasteiger partial charge in [-0.15, -0.1) is 0 Å². The normalized spacial score (nSPS) is 9.88. The van der Waals surface area contributed by atoms with Crippen LogP contribution in [0.5, 0.6) is 5.75 Å². The number of hydrogen-bond donors (Lipinski definition) is 1. The van der Waals surface area contributed by atoms with E-state index >= 15 is 0 Å². The zero-order valence-electron chi connectivity index (χ0n) is 9.01. The van der Waals surface area contributed by atoms with Gasteiger partial charge in [0.2, 0.25) is 0 Å². The molecule has 0 spiro atoms. The van der Waals surface area contributed by atoms with Crippen LogP contribution in [-0.4, -0.2) is 24.5 Å². The lowest BCUT2D eigenvalue weighted by atomic mass is 10.0. The number of nitriles is 1. The van der Waals surface area contributed by atoms with Crippen molar-refractivity contribution in [3.63, 3.8) is 0 Å². The number of carboxylic acids is 1. The Balaban J connectivity index is 3.34. The van der Waals surface area contributed by atoms with Crippen LogP contribution >= 0.6 is 0 Å². The SMILES string of the molecule is COc1cc(C#N)c(/C=C/C(=O)O)cc1C=O. The van der Waals surface area contributed by atoms with E-state index in [1.807, 2.05) is 6.07 Å². The Morgan fingerprint density at radius 3 is 2.65 bits per heavy atom. The summed E-state index contributed by atoms with van der Waals surface area (Å²) in [6.45, 7) is 0. The molecule has 0 saturated carbocycles. The summed E-state index contributed by atoms with van der Waals surface area (Å²) in [6, 6.07) is 4.71. The lowest BCUT2D eigenvalue weighted by Gasteiger charge is -2.06. The standard InChI is InChI=1S/C12H9NO4/c1-17-11-5-9(6-13)8(2-3-12(15)16)4-10(11)7-14/h2-5,7H,1H3,(H,15,16)/b3-2+. The minimum absolute atomic E-state index is 0.241. The highest BCUT2D eigenvalue weighted by Crippen LogP contribution is 2.23. The van der Waals surface area contributed by atoms with Gasteiger partial charge in [-0.05, 0) is 23.8 Å².